The van der Waals surface area contributed by atoms with Gasteiger partial charge in [-0.3, -0.25) is 9.59 Å². The molecule has 3 aliphatic rings. The fourth-order valence-electron chi connectivity index (χ4n) is 4.82. The van der Waals surface area contributed by atoms with Crippen LogP contribution in [-0.4, -0.2) is 22.8 Å². The van der Waals surface area contributed by atoms with Crippen LogP contribution in [0.15, 0.2) is 0 Å². The molecule has 2 spiro atoms. The van der Waals surface area contributed by atoms with Crippen LogP contribution in [0.5, 0.6) is 0 Å². The topological polar surface area (TPSA) is 54.4 Å². The maximum absolute atomic E-state index is 12.6. The number of carbonyl (C=O) groups is 2. The molecule has 3 nitrogen and oxygen atoms in total. The van der Waals surface area contributed by atoms with Gasteiger partial charge in [0.1, 0.15) is 11.9 Å². The Morgan fingerprint density at radius 3 is 2.32 bits per heavy atom. The second-order valence-corrected chi connectivity index (χ2v) is 7.07. The van der Waals surface area contributed by atoms with Crippen LogP contribution in [0.4, 0.5) is 0 Å². The molecule has 0 aromatic heterocycles. The first-order chi connectivity index (χ1) is 9.08. The fraction of sp³-hybridized carbons (Fsp3) is 0.875. The van der Waals surface area contributed by atoms with E-state index in [1.165, 1.54) is 25.7 Å². The monoisotopic (exact) mass is 264 g/mol. The van der Waals surface area contributed by atoms with Crippen molar-refractivity contribution in [3.63, 3.8) is 0 Å². The van der Waals surface area contributed by atoms with Crippen molar-refractivity contribution in [2.24, 2.45) is 10.8 Å². The Morgan fingerprint density at radius 2 is 1.63 bits per heavy atom. The zero-order valence-electron chi connectivity index (χ0n) is 11.6. The van der Waals surface area contributed by atoms with Gasteiger partial charge in [0.05, 0.1) is 5.41 Å². The third kappa shape index (κ3) is 2.06. The Bertz CT molecular complexity index is 393. The number of aliphatic hydroxyl groups is 1. The van der Waals surface area contributed by atoms with Crippen LogP contribution in [0, 0.1) is 10.8 Å². The highest BCUT2D eigenvalue weighted by Crippen LogP contribution is 2.58. The van der Waals surface area contributed by atoms with E-state index in [9.17, 15) is 14.7 Å². The molecule has 0 bridgehead atoms. The summed E-state index contributed by atoms with van der Waals surface area (Å²) in [6.07, 6.45) is 9.47. The van der Waals surface area contributed by atoms with Gasteiger partial charge in [-0.1, -0.05) is 25.7 Å². The van der Waals surface area contributed by atoms with Gasteiger partial charge < -0.3 is 5.11 Å². The normalized spacial score (nSPS) is 38.9. The van der Waals surface area contributed by atoms with Crippen LogP contribution in [0.1, 0.15) is 70.6 Å². The minimum Gasteiger partial charge on any atom is -0.384 e. The molecule has 0 unspecified atom stereocenters. The fourth-order valence-corrected chi connectivity index (χ4v) is 4.82. The number of hydrogen-bond acceptors (Lipinski definition) is 3. The number of Topliss-reactive ketones (excluding diaryl/α,β-unsaturated/α-hetero) is 2. The third-order valence-electron chi connectivity index (χ3n) is 5.82. The van der Waals surface area contributed by atoms with E-state index in [4.69, 9.17) is 0 Å². The van der Waals surface area contributed by atoms with Crippen molar-refractivity contribution in [1.82, 2.24) is 0 Å². The van der Waals surface area contributed by atoms with Crippen molar-refractivity contribution in [3.8, 4) is 0 Å². The minimum absolute atomic E-state index is 0.103. The van der Waals surface area contributed by atoms with Crippen LogP contribution in [-0.2, 0) is 9.59 Å². The van der Waals surface area contributed by atoms with Crippen molar-refractivity contribution in [3.05, 3.63) is 0 Å². The molecule has 3 fully saturated rings. The average molecular weight is 264 g/mol. The first kappa shape index (κ1) is 13.3. The highest BCUT2D eigenvalue weighted by atomic mass is 16.3. The van der Waals surface area contributed by atoms with Gasteiger partial charge in [-0.15, -0.1) is 0 Å². The third-order valence-corrected chi connectivity index (χ3v) is 5.82. The van der Waals surface area contributed by atoms with Crippen molar-refractivity contribution < 1.29 is 14.7 Å². The summed E-state index contributed by atoms with van der Waals surface area (Å²) in [5, 5.41) is 10.3. The van der Waals surface area contributed by atoms with Gasteiger partial charge >= 0.3 is 0 Å². The number of rotatable bonds is 0. The predicted molar refractivity (Wildman–Crippen MR) is 71.7 cm³/mol. The predicted octanol–water partition coefficient (Wildman–Crippen LogP) is 2.79. The maximum atomic E-state index is 12.6. The molecule has 0 amide bonds. The lowest BCUT2D eigenvalue weighted by Gasteiger charge is -2.38. The number of hydrogen-bond donors (Lipinski definition) is 1. The van der Waals surface area contributed by atoms with E-state index >= 15 is 0 Å². The van der Waals surface area contributed by atoms with E-state index in [0.29, 0.717) is 12.8 Å². The van der Waals surface area contributed by atoms with Crippen molar-refractivity contribution in [2.75, 3.05) is 0 Å². The lowest BCUT2D eigenvalue weighted by molar-refractivity contribution is -0.148. The molecule has 0 aromatic rings. The molecule has 0 aromatic carbocycles. The standard InChI is InChI=1S/C16H24O3/c17-12-6-5-9-16(14(12)19)11-15(10-13(16)18)7-3-1-2-4-8-15/h14,19H,1-11H2/t14-,16+/m1/s1. The first-order valence-corrected chi connectivity index (χ1v) is 7.82. The van der Waals surface area contributed by atoms with Crippen molar-refractivity contribution >= 4 is 11.6 Å². The second kappa shape index (κ2) is 4.69. The Morgan fingerprint density at radius 1 is 0.947 bits per heavy atom. The summed E-state index contributed by atoms with van der Waals surface area (Å²) >= 11 is 0. The molecular weight excluding hydrogens is 240 g/mol. The lowest BCUT2D eigenvalue weighted by Crippen LogP contribution is -2.47. The molecule has 0 aliphatic heterocycles. The molecule has 1 N–H and O–H groups in total. The summed E-state index contributed by atoms with van der Waals surface area (Å²) in [4.78, 5) is 24.4. The van der Waals surface area contributed by atoms with Crippen LogP contribution in [0.3, 0.4) is 0 Å². The number of aliphatic hydroxyl groups excluding tert-OH is 1. The number of ketones is 2. The molecule has 3 heteroatoms. The zero-order chi connectivity index (χ0) is 13.5. The molecule has 0 saturated heterocycles. The van der Waals surface area contributed by atoms with E-state index in [1.807, 2.05) is 0 Å². The van der Waals surface area contributed by atoms with Crippen LogP contribution >= 0.6 is 0 Å². The van der Waals surface area contributed by atoms with Gasteiger partial charge in [0.25, 0.3) is 0 Å². The minimum atomic E-state index is -1.02. The van der Waals surface area contributed by atoms with E-state index in [-0.39, 0.29) is 17.0 Å². The smallest absolute Gasteiger partial charge is 0.162 e. The quantitative estimate of drug-likeness (QED) is 0.732. The van der Waals surface area contributed by atoms with Crippen LogP contribution < -0.4 is 0 Å². The second-order valence-electron chi connectivity index (χ2n) is 7.07. The molecule has 19 heavy (non-hydrogen) atoms. The van der Waals surface area contributed by atoms with Gasteiger partial charge in [-0.05, 0) is 37.5 Å². The molecule has 0 radical (unpaired) electrons. The zero-order valence-corrected chi connectivity index (χ0v) is 11.6. The van der Waals surface area contributed by atoms with E-state index in [2.05, 4.69) is 0 Å². The SMILES string of the molecule is O=C1CCC[C@@]2(CC3(CCCCCC3)CC2=O)[C@@H]1O. The summed E-state index contributed by atoms with van der Waals surface area (Å²) in [6.45, 7) is 0. The maximum Gasteiger partial charge on any atom is 0.162 e. The molecule has 106 valence electrons. The molecule has 0 heterocycles. The van der Waals surface area contributed by atoms with Gasteiger partial charge in [-0.25, -0.2) is 0 Å². The largest absolute Gasteiger partial charge is 0.384 e. The highest BCUT2D eigenvalue weighted by Gasteiger charge is 2.59. The van der Waals surface area contributed by atoms with Gasteiger partial charge in [0.2, 0.25) is 0 Å². The summed E-state index contributed by atoms with van der Waals surface area (Å²) in [5.41, 5.74) is -0.605. The Labute approximate surface area is 114 Å². The van der Waals surface area contributed by atoms with Crippen LogP contribution in [0.25, 0.3) is 0 Å². The van der Waals surface area contributed by atoms with Crippen LogP contribution in [0.2, 0.25) is 0 Å². The first-order valence-electron chi connectivity index (χ1n) is 7.82. The lowest BCUT2D eigenvalue weighted by atomic mass is 9.66. The Kier molecular flexibility index (Phi) is 3.28. The van der Waals surface area contributed by atoms with E-state index in [1.54, 1.807) is 0 Å². The molecule has 3 rings (SSSR count). The van der Waals surface area contributed by atoms with E-state index < -0.39 is 11.5 Å². The van der Waals surface area contributed by atoms with Crippen molar-refractivity contribution in [1.29, 1.82) is 0 Å². The molecule has 3 aliphatic carbocycles. The van der Waals surface area contributed by atoms with Crippen molar-refractivity contribution in [2.45, 2.75) is 76.7 Å². The summed E-state index contributed by atoms with van der Waals surface area (Å²) in [6, 6.07) is 0. The van der Waals surface area contributed by atoms with E-state index in [0.717, 1.165) is 32.1 Å². The summed E-state index contributed by atoms with van der Waals surface area (Å²) < 4.78 is 0. The average Bonchev–Trinajstić information content (AvgIpc) is 2.53. The number of carbonyl (C=O) groups excluding carboxylic acids is 2. The summed E-state index contributed by atoms with van der Waals surface area (Å²) in [7, 11) is 0. The molecule has 3 saturated carbocycles. The Hall–Kier alpha value is -0.700. The van der Waals surface area contributed by atoms with Gasteiger partial charge in [0.15, 0.2) is 5.78 Å². The van der Waals surface area contributed by atoms with Gasteiger partial charge in [-0.2, -0.15) is 0 Å². The molecular formula is C16H24O3. The Balaban J connectivity index is 1.87. The summed E-state index contributed by atoms with van der Waals surface area (Å²) in [5.74, 6) is 0.0696. The molecule has 2 atom stereocenters. The highest BCUT2D eigenvalue weighted by molar-refractivity contribution is 5.97. The van der Waals surface area contributed by atoms with Gasteiger partial charge in [0, 0.05) is 12.8 Å².